The maximum absolute atomic E-state index is 12.7. The molecule has 0 saturated carbocycles. The van der Waals surface area contributed by atoms with Gasteiger partial charge in [0.2, 0.25) is 0 Å². The molecule has 2 N–H and O–H groups in total. The number of ether oxygens (including phenoxy) is 2. The first kappa shape index (κ1) is 20.1. The minimum atomic E-state index is -0.623. The van der Waals surface area contributed by atoms with Gasteiger partial charge in [-0.05, 0) is 52.0 Å². The Labute approximate surface area is 173 Å². The number of carbonyl (C=O) groups excluding carboxylic acids is 3. The van der Waals surface area contributed by atoms with Gasteiger partial charge in [0, 0.05) is 22.4 Å². The standard InChI is InChI=1S/C21H26N2O5S/c1-21(2,3)28-20(26)16-14-8-11(27-10-15(14)29-17(16)22)9-23-18(24)12-6-4-5-7-13(12)19(23)25/h11H,4-10,22H2,1-3H3. The van der Waals surface area contributed by atoms with Crippen LogP contribution in [0.2, 0.25) is 0 Å². The Bertz CT molecular complexity index is 896. The number of esters is 1. The maximum atomic E-state index is 12.7. The molecule has 2 aliphatic heterocycles. The maximum Gasteiger partial charge on any atom is 0.341 e. The number of nitrogen functional groups attached to an aromatic ring is 1. The van der Waals surface area contributed by atoms with Gasteiger partial charge in [-0.1, -0.05) is 0 Å². The molecule has 1 aromatic rings. The van der Waals surface area contributed by atoms with Crippen LogP contribution in [0.4, 0.5) is 5.00 Å². The summed E-state index contributed by atoms with van der Waals surface area (Å²) in [5.74, 6) is -0.814. The Morgan fingerprint density at radius 2 is 1.83 bits per heavy atom. The Morgan fingerprint density at radius 1 is 1.21 bits per heavy atom. The van der Waals surface area contributed by atoms with E-state index in [9.17, 15) is 14.4 Å². The van der Waals surface area contributed by atoms with Crippen LogP contribution in [-0.2, 0) is 32.1 Å². The van der Waals surface area contributed by atoms with E-state index in [2.05, 4.69) is 0 Å². The zero-order valence-corrected chi connectivity index (χ0v) is 17.8. The molecule has 1 atom stereocenters. The van der Waals surface area contributed by atoms with Gasteiger partial charge in [-0.25, -0.2) is 4.79 Å². The normalized spacial score (nSPS) is 22.0. The second kappa shape index (κ2) is 7.25. The zero-order valence-electron chi connectivity index (χ0n) is 17.0. The summed E-state index contributed by atoms with van der Waals surface area (Å²) in [6.07, 6.45) is 3.29. The molecule has 8 heteroatoms. The Balaban J connectivity index is 1.52. The molecule has 3 heterocycles. The smallest absolute Gasteiger partial charge is 0.341 e. The number of imide groups is 1. The molecule has 0 bridgehead atoms. The van der Waals surface area contributed by atoms with Gasteiger partial charge >= 0.3 is 5.97 Å². The molecule has 4 rings (SSSR count). The fourth-order valence-corrected chi connectivity index (χ4v) is 5.19. The number of nitrogens with zero attached hydrogens (tertiary/aromatic N) is 1. The molecule has 1 aliphatic carbocycles. The molecule has 0 aromatic carbocycles. The third-order valence-electron chi connectivity index (χ3n) is 5.46. The van der Waals surface area contributed by atoms with Gasteiger partial charge in [-0.2, -0.15) is 0 Å². The molecule has 0 radical (unpaired) electrons. The highest BCUT2D eigenvalue weighted by Gasteiger charge is 2.41. The molecular weight excluding hydrogens is 392 g/mol. The second-order valence-corrected chi connectivity index (χ2v) is 9.90. The van der Waals surface area contributed by atoms with Crippen LogP contribution >= 0.6 is 11.3 Å². The summed E-state index contributed by atoms with van der Waals surface area (Å²) in [5.41, 5.74) is 8.04. The van der Waals surface area contributed by atoms with Gasteiger partial charge < -0.3 is 15.2 Å². The quantitative estimate of drug-likeness (QED) is 0.598. The molecule has 29 heavy (non-hydrogen) atoms. The van der Waals surface area contributed by atoms with Crippen molar-refractivity contribution in [1.29, 1.82) is 0 Å². The summed E-state index contributed by atoms with van der Waals surface area (Å²) in [4.78, 5) is 40.3. The van der Waals surface area contributed by atoms with E-state index in [4.69, 9.17) is 15.2 Å². The second-order valence-electron chi connectivity index (χ2n) is 8.77. The van der Waals surface area contributed by atoms with Crippen molar-refractivity contribution in [3.8, 4) is 0 Å². The lowest BCUT2D eigenvalue weighted by Crippen LogP contribution is -2.41. The lowest BCUT2D eigenvalue weighted by atomic mass is 9.93. The first-order valence-electron chi connectivity index (χ1n) is 9.99. The molecule has 0 saturated heterocycles. The predicted molar refractivity (Wildman–Crippen MR) is 108 cm³/mol. The van der Waals surface area contributed by atoms with Crippen molar-refractivity contribution in [3.05, 3.63) is 27.2 Å². The monoisotopic (exact) mass is 418 g/mol. The number of thiophene rings is 1. The first-order valence-corrected chi connectivity index (χ1v) is 10.8. The van der Waals surface area contributed by atoms with Gasteiger partial charge in [0.1, 0.15) is 10.6 Å². The first-order chi connectivity index (χ1) is 13.7. The molecular formula is C21H26N2O5S. The van der Waals surface area contributed by atoms with Crippen LogP contribution in [0.3, 0.4) is 0 Å². The van der Waals surface area contributed by atoms with Gasteiger partial charge in [0.05, 0.1) is 24.8 Å². The van der Waals surface area contributed by atoms with Gasteiger partial charge in [-0.3, -0.25) is 14.5 Å². The summed E-state index contributed by atoms with van der Waals surface area (Å²) >= 11 is 1.33. The van der Waals surface area contributed by atoms with Crippen LogP contribution in [-0.4, -0.2) is 40.9 Å². The number of hydrogen-bond donors (Lipinski definition) is 1. The highest BCUT2D eigenvalue weighted by molar-refractivity contribution is 7.16. The predicted octanol–water partition coefficient (Wildman–Crippen LogP) is 2.97. The third-order valence-corrected chi connectivity index (χ3v) is 6.50. The Kier molecular flexibility index (Phi) is 5.02. The summed E-state index contributed by atoms with van der Waals surface area (Å²) in [5, 5.41) is 0.416. The van der Waals surface area contributed by atoms with Crippen LogP contribution < -0.4 is 5.73 Å². The van der Waals surface area contributed by atoms with Crippen molar-refractivity contribution in [2.24, 2.45) is 0 Å². The van der Waals surface area contributed by atoms with Crippen molar-refractivity contribution < 1.29 is 23.9 Å². The number of fused-ring (bicyclic) bond motifs is 1. The number of rotatable bonds is 3. The summed E-state index contributed by atoms with van der Waals surface area (Å²) in [7, 11) is 0. The number of hydrogen-bond acceptors (Lipinski definition) is 7. The molecule has 0 spiro atoms. The van der Waals surface area contributed by atoms with Gasteiger partial charge in [0.25, 0.3) is 11.8 Å². The minimum absolute atomic E-state index is 0.184. The highest BCUT2D eigenvalue weighted by Crippen LogP contribution is 2.38. The molecule has 1 aromatic heterocycles. The third kappa shape index (κ3) is 3.71. The van der Waals surface area contributed by atoms with Crippen molar-refractivity contribution in [3.63, 3.8) is 0 Å². The fraction of sp³-hybridized carbons (Fsp3) is 0.571. The molecule has 0 fully saturated rings. The summed E-state index contributed by atoms with van der Waals surface area (Å²) in [6, 6.07) is 0. The molecule has 2 amide bonds. The number of amides is 2. The van der Waals surface area contributed by atoms with E-state index < -0.39 is 11.6 Å². The highest BCUT2D eigenvalue weighted by atomic mass is 32.1. The van der Waals surface area contributed by atoms with E-state index in [-0.39, 0.29) is 24.5 Å². The fourth-order valence-electron chi connectivity index (χ4n) is 4.18. The van der Waals surface area contributed by atoms with Crippen LogP contribution in [0, 0.1) is 0 Å². The van der Waals surface area contributed by atoms with E-state index in [1.807, 2.05) is 20.8 Å². The summed E-state index contributed by atoms with van der Waals surface area (Å²) < 4.78 is 11.4. The van der Waals surface area contributed by atoms with E-state index in [1.54, 1.807) is 0 Å². The zero-order chi connectivity index (χ0) is 20.9. The van der Waals surface area contributed by atoms with E-state index in [0.717, 1.165) is 23.3 Å². The van der Waals surface area contributed by atoms with Crippen LogP contribution in [0.1, 0.15) is 67.3 Å². The summed E-state index contributed by atoms with van der Waals surface area (Å²) in [6.45, 7) is 5.93. The average molecular weight is 419 g/mol. The van der Waals surface area contributed by atoms with Crippen molar-refractivity contribution in [2.45, 2.75) is 71.2 Å². The number of anilines is 1. The van der Waals surface area contributed by atoms with Crippen LogP contribution in [0.5, 0.6) is 0 Å². The average Bonchev–Trinajstić information content (AvgIpc) is 3.09. The van der Waals surface area contributed by atoms with Crippen LogP contribution in [0.15, 0.2) is 11.1 Å². The lowest BCUT2D eigenvalue weighted by Gasteiger charge is -2.27. The van der Waals surface area contributed by atoms with Crippen molar-refractivity contribution >= 4 is 34.1 Å². The van der Waals surface area contributed by atoms with E-state index in [0.29, 0.717) is 47.6 Å². The molecule has 1 unspecified atom stereocenters. The van der Waals surface area contributed by atoms with Crippen LogP contribution in [0.25, 0.3) is 0 Å². The molecule has 156 valence electrons. The molecule has 3 aliphatic rings. The van der Waals surface area contributed by atoms with Gasteiger partial charge in [0.15, 0.2) is 0 Å². The minimum Gasteiger partial charge on any atom is -0.456 e. The Hall–Kier alpha value is -2.19. The lowest BCUT2D eigenvalue weighted by molar-refractivity contribution is -0.140. The number of carbonyl (C=O) groups is 3. The van der Waals surface area contributed by atoms with E-state index in [1.165, 1.54) is 16.2 Å². The number of nitrogens with two attached hydrogens (primary N) is 1. The van der Waals surface area contributed by atoms with Crippen molar-refractivity contribution in [1.82, 2.24) is 4.90 Å². The van der Waals surface area contributed by atoms with Crippen molar-refractivity contribution in [2.75, 3.05) is 12.3 Å². The van der Waals surface area contributed by atoms with Gasteiger partial charge in [-0.15, -0.1) is 11.3 Å². The Morgan fingerprint density at radius 3 is 2.41 bits per heavy atom. The topological polar surface area (TPSA) is 98.9 Å². The molecule has 7 nitrogen and oxygen atoms in total. The largest absolute Gasteiger partial charge is 0.456 e. The van der Waals surface area contributed by atoms with E-state index >= 15 is 0 Å². The SMILES string of the molecule is CC(C)(C)OC(=O)c1c(N)sc2c1CC(CN1C(=O)C3=C(CCCC3)C1=O)OC2.